The highest BCUT2D eigenvalue weighted by Gasteiger charge is 2.14. The summed E-state index contributed by atoms with van der Waals surface area (Å²) in [5.41, 5.74) is 2.37. The average molecular weight is 301 g/mol. The van der Waals surface area contributed by atoms with Gasteiger partial charge < -0.3 is 14.6 Å². The van der Waals surface area contributed by atoms with Gasteiger partial charge in [0.05, 0.1) is 6.33 Å². The van der Waals surface area contributed by atoms with Crippen LogP contribution in [-0.4, -0.2) is 28.1 Å². The first-order valence-electron chi connectivity index (χ1n) is 7.53. The number of carbonyl (C=O) groups is 1. The number of imidazole rings is 1. The van der Waals surface area contributed by atoms with Gasteiger partial charge in [-0.3, -0.25) is 4.79 Å². The first kappa shape index (κ1) is 16.1. The second kappa shape index (κ2) is 7.64. The van der Waals surface area contributed by atoms with Crippen LogP contribution in [0.4, 0.5) is 0 Å². The molecule has 5 heteroatoms. The number of rotatable bonds is 7. The molecule has 118 valence electrons. The van der Waals surface area contributed by atoms with Crippen LogP contribution in [0.5, 0.6) is 5.75 Å². The molecule has 2 rings (SSSR count). The van der Waals surface area contributed by atoms with Crippen molar-refractivity contribution in [1.29, 1.82) is 0 Å². The fourth-order valence-corrected chi connectivity index (χ4v) is 2.08. The van der Waals surface area contributed by atoms with E-state index in [1.807, 2.05) is 35.9 Å². The Hall–Kier alpha value is -2.30. The molecule has 1 N–H and O–H groups in total. The van der Waals surface area contributed by atoms with E-state index in [2.05, 4.69) is 17.2 Å². The molecule has 0 aliphatic rings. The lowest BCUT2D eigenvalue weighted by atomic mass is 10.1. The first-order valence-corrected chi connectivity index (χ1v) is 7.53. The minimum Gasteiger partial charge on any atom is -0.481 e. The quantitative estimate of drug-likeness (QED) is 0.799. The highest BCUT2D eigenvalue weighted by Crippen LogP contribution is 2.17. The van der Waals surface area contributed by atoms with Crippen LogP contribution in [0.25, 0.3) is 0 Å². The van der Waals surface area contributed by atoms with Gasteiger partial charge in [-0.1, -0.05) is 6.07 Å². The lowest BCUT2D eigenvalue weighted by Crippen LogP contribution is -2.37. The van der Waals surface area contributed by atoms with E-state index in [1.54, 1.807) is 19.4 Å². The van der Waals surface area contributed by atoms with Gasteiger partial charge in [0.2, 0.25) is 0 Å². The van der Waals surface area contributed by atoms with Gasteiger partial charge in [-0.25, -0.2) is 4.98 Å². The lowest BCUT2D eigenvalue weighted by molar-refractivity contribution is -0.127. The normalized spacial score (nSPS) is 12.0. The molecule has 0 radical (unpaired) electrons. The van der Waals surface area contributed by atoms with Crippen molar-refractivity contribution in [2.45, 2.75) is 39.8 Å². The maximum Gasteiger partial charge on any atom is 0.260 e. The Morgan fingerprint density at radius 3 is 2.86 bits per heavy atom. The SMILES string of the molecule is Cc1ccc(O[C@@H](C)C(=O)NCCCn2ccnc2)cc1C. The standard InChI is InChI=1S/C17H23N3O2/c1-13-5-6-16(11-14(13)2)22-15(3)17(21)19-7-4-9-20-10-8-18-12-20/h5-6,8,10-12,15H,4,7,9H2,1-3H3,(H,19,21)/t15-/m0/s1. The predicted octanol–water partition coefficient (Wildman–Crippen LogP) is 2.47. The Labute approximate surface area is 131 Å². The number of aryl methyl sites for hydroxylation is 3. The van der Waals surface area contributed by atoms with Crippen molar-refractivity contribution in [3.05, 3.63) is 48.0 Å². The van der Waals surface area contributed by atoms with Crippen LogP contribution in [0, 0.1) is 13.8 Å². The van der Waals surface area contributed by atoms with Gasteiger partial charge >= 0.3 is 0 Å². The summed E-state index contributed by atoms with van der Waals surface area (Å²) in [6, 6.07) is 5.85. The molecule has 1 aromatic carbocycles. The molecule has 22 heavy (non-hydrogen) atoms. The Kier molecular flexibility index (Phi) is 5.58. The molecule has 5 nitrogen and oxygen atoms in total. The number of benzene rings is 1. The molecule has 1 aromatic heterocycles. The van der Waals surface area contributed by atoms with Crippen LogP contribution in [-0.2, 0) is 11.3 Å². The second-order valence-corrected chi connectivity index (χ2v) is 5.45. The van der Waals surface area contributed by atoms with Gasteiger partial charge in [0.15, 0.2) is 6.10 Å². The summed E-state index contributed by atoms with van der Waals surface area (Å²) < 4.78 is 7.67. The summed E-state index contributed by atoms with van der Waals surface area (Å²) >= 11 is 0. The average Bonchev–Trinajstić information content (AvgIpc) is 3.00. The van der Waals surface area contributed by atoms with E-state index in [0.29, 0.717) is 6.54 Å². The third-order valence-electron chi connectivity index (χ3n) is 3.61. The molecular formula is C17H23N3O2. The molecule has 2 aromatic rings. The van der Waals surface area contributed by atoms with Crippen LogP contribution in [0.2, 0.25) is 0 Å². The van der Waals surface area contributed by atoms with Gasteiger partial charge in [-0.15, -0.1) is 0 Å². The number of nitrogens with zero attached hydrogens (tertiary/aromatic N) is 2. The van der Waals surface area contributed by atoms with Crippen LogP contribution < -0.4 is 10.1 Å². The van der Waals surface area contributed by atoms with Crippen LogP contribution in [0.3, 0.4) is 0 Å². The summed E-state index contributed by atoms with van der Waals surface area (Å²) in [6.07, 6.45) is 5.78. The largest absolute Gasteiger partial charge is 0.481 e. The number of carbonyl (C=O) groups excluding carboxylic acids is 1. The van der Waals surface area contributed by atoms with Crippen molar-refractivity contribution in [2.75, 3.05) is 6.54 Å². The maximum absolute atomic E-state index is 12.0. The molecule has 0 fully saturated rings. The third kappa shape index (κ3) is 4.62. The summed E-state index contributed by atoms with van der Waals surface area (Å²) in [5.74, 6) is 0.632. The molecule has 0 aliphatic carbocycles. The summed E-state index contributed by atoms with van der Waals surface area (Å²) in [7, 11) is 0. The van der Waals surface area contributed by atoms with E-state index >= 15 is 0 Å². The Morgan fingerprint density at radius 1 is 1.36 bits per heavy atom. The predicted molar refractivity (Wildman–Crippen MR) is 85.9 cm³/mol. The lowest BCUT2D eigenvalue weighted by Gasteiger charge is -2.15. The van der Waals surface area contributed by atoms with Crippen molar-refractivity contribution in [1.82, 2.24) is 14.9 Å². The van der Waals surface area contributed by atoms with Gasteiger partial charge in [0, 0.05) is 25.5 Å². The van der Waals surface area contributed by atoms with E-state index in [-0.39, 0.29) is 5.91 Å². The van der Waals surface area contributed by atoms with Crippen molar-refractivity contribution in [2.24, 2.45) is 0 Å². The summed E-state index contributed by atoms with van der Waals surface area (Å²) in [6.45, 7) is 7.31. The van der Waals surface area contributed by atoms with Crippen LogP contribution >= 0.6 is 0 Å². The molecule has 0 saturated carbocycles. The monoisotopic (exact) mass is 301 g/mol. The number of nitrogens with one attached hydrogen (secondary N) is 1. The molecule has 1 amide bonds. The fourth-order valence-electron chi connectivity index (χ4n) is 2.08. The molecule has 0 spiro atoms. The Morgan fingerprint density at radius 2 is 2.18 bits per heavy atom. The molecule has 0 aliphatic heterocycles. The van der Waals surface area contributed by atoms with Gasteiger partial charge in [-0.2, -0.15) is 0 Å². The zero-order valence-electron chi connectivity index (χ0n) is 13.4. The summed E-state index contributed by atoms with van der Waals surface area (Å²) in [4.78, 5) is 16.0. The zero-order valence-corrected chi connectivity index (χ0v) is 13.4. The van der Waals surface area contributed by atoms with Gasteiger partial charge in [0.1, 0.15) is 5.75 Å². The molecule has 1 heterocycles. The topological polar surface area (TPSA) is 56.1 Å². The van der Waals surface area contributed by atoms with Gasteiger partial charge in [0.25, 0.3) is 5.91 Å². The number of hydrogen-bond acceptors (Lipinski definition) is 3. The minimum atomic E-state index is -0.504. The number of aromatic nitrogens is 2. The zero-order chi connectivity index (χ0) is 15.9. The van der Waals surface area contributed by atoms with E-state index in [4.69, 9.17) is 4.74 Å². The van der Waals surface area contributed by atoms with E-state index in [0.717, 1.165) is 24.3 Å². The van der Waals surface area contributed by atoms with E-state index in [9.17, 15) is 4.79 Å². The summed E-state index contributed by atoms with van der Waals surface area (Å²) in [5, 5.41) is 2.89. The third-order valence-corrected chi connectivity index (χ3v) is 3.61. The molecule has 1 atom stereocenters. The van der Waals surface area contributed by atoms with Crippen molar-refractivity contribution >= 4 is 5.91 Å². The number of amides is 1. The second-order valence-electron chi connectivity index (χ2n) is 5.45. The highest BCUT2D eigenvalue weighted by atomic mass is 16.5. The number of ether oxygens (including phenoxy) is 1. The molecule has 0 unspecified atom stereocenters. The Balaban J connectivity index is 1.73. The van der Waals surface area contributed by atoms with Crippen molar-refractivity contribution < 1.29 is 9.53 Å². The van der Waals surface area contributed by atoms with E-state index in [1.165, 1.54) is 5.56 Å². The van der Waals surface area contributed by atoms with E-state index < -0.39 is 6.10 Å². The number of hydrogen-bond donors (Lipinski definition) is 1. The molecular weight excluding hydrogens is 278 g/mol. The fraction of sp³-hybridized carbons (Fsp3) is 0.412. The first-order chi connectivity index (χ1) is 10.6. The minimum absolute atomic E-state index is 0.0936. The molecule has 0 saturated heterocycles. The highest BCUT2D eigenvalue weighted by molar-refractivity contribution is 5.80. The Bertz CT molecular complexity index is 608. The van der Waals surface area contributed by atoms with Crippen LogP contribution in [0.1, 0.15) is 24.5 Å². The van der Waals surface area contributed by atoms with Crippen LogP contribution in [0.15, 0.2) is 36.9 Å². The maximum atomic E-state index is 12.0. The van der Waals surface area contributed by atoms with Crippen molar-refractivity contribution in [3.8, 4) is 5.75 Å². The van der Waals surface area contributed by atoms with Crippen molar-refractivity contribution in [3.63, 3.8) is 0 Å². The smallest absolute Gasteiger partial charge is 0.260 e. The van der Waals surface area contributed by atoms with Gasteiger partial charge in [-0.05, 0) is 50.5 Å². The molecule has 0 bridgehead atoms.